The van der Waals surface area contributed by atoms with Gasteiger partial charge >= 0.3 is 6.09 Å². The van der Waals surface area contributed by atoms with E-state index in [1.54, 1.807) is 27.0 Å². The van der Waals surface area contributed by atoms with Crippen LogP contribution in [0.2, 0.25) is 0 Å². The molecular weight excluding hydrogens is 540 g/mol. The Morgan fingerprint density at radius 2 is 1.69 bits per heavy atom. The number of ether oxygens (including phenoxy) is 1. The van der Waals surface area contributed by atoms with Crippen LogP contribution in [0.5, 0.6) is 0 Å². The summed E-state index contributed by atoms with van der Waals surface area (Å²) < 4.78 is 33.5. The smallest absolute Gasteiger partial charge is 0.410 e. The molecule has 0 spiro atoms. The van der Waals surface area contributed by atoms with Gasteiger partial charge in [0.2, 0.25) is 10.0 Å². The van der Waals surface area contributed by atoms with Gasteiger partial charge in [-0.2, -0.15) is 16.9 Å². The van der Waals surface area contributed by atoms with Gasteiger partial charge in [-0.3, -0.25) is 10.1 Å². The van der Waals surface area contributed by atoms with Gasteiger partial charge in [0.05, 0.1) is 9.82 Å². The summed E-state index contributed by atoms with van der Waals surface area (Å²) in [6.07, 6.45) is 4.75. The lowest BCUT2D eigenvalue weighted by molar-refractivity contribution is -0.384. The fourth-order valence-electron chi connectivity index (χ4n) is 3.23. The molecule has 2 N–H and O–H groups in total. The Labute approximate surface area is 242 Å². The van der Waals surface area contributed by atoms with Crippen LogP contribution in [0.3, 0.4) is 0 Å². The van der Waals surface area contributed by atoms with Crippen molar-refractivity contribution < 1.29 is 22.9 Å². The van der Waals surface area contributed by atoms with Crippen LogP contribution in [0.4, 0.5) is 10.5 Å². The monoisotopic (exact) mass is 592 g/mol. The van der Waals surface area contributed by atoms with Crippen molar-refractivity contribution in [3.63, 3.8) is 0 Å². The highest BCUT2D eigenvalue weighted by molar-refractivity contribution is 7.89. The van der Waals surface area contributed by atoms with Gasteiger partial charge < -0.3 is 15.4 Å². The SMILES string of the molecule is CC(C)CCN(C1CCN(C(=O)OC(C)(C)C)C1)S(=O)(=O)c1ccc([N+](=O)[O-])cc1.CCC.CCCN.CS. The molecule has 0 bridgehead atoms. The van der Waals surface area contributed by atoms with Crippen molar-refractivity contribution >= 4 is 34.4 Å². The maximum absolute atomic E-state index is 13.3. The van der Waals surface area contributed by atoms with E-state index in [0.717, 1.165) is 13.0 Å². The predicted molar refractivity (Wildman–Crippen MR) is 163 cm³/mol. The van der Waals surface area contributed by atoms with Gasteiger partial charge in [0.1, 0.15) is 5.60 Å². The number of nitro groups is 1. The number of hydrogen-bond acceptors (Lipinski definition) is 8. The molecule has 39 heavy (non-hydrogen) atoms. The third kappa shape index (κ3) is 15.5. The van der Waals surface area contributed by atoms with Crippen molar-refractivity contribution in [1.82, 2.24) is 9.21 Å². The normalized spacial score (nSPS) is 14.9. The fraction of sp³-hybridized carbons (Fsp3) is 0.741. The number of sulfonamides is 1. The van der Waals surface area contributed by atoms with Crippen molar-refractivity contribution in [2.75, 3.05) is 32.4 Å². The van der Waals surface area contributed by atoms with Gasteiger partial charge in [-0.1, -0.05) is 41.0 Å². The molecular formula is C27H52N4O6S2. The lowest BCUT2D eigenvalue weighted by atomic mass is 10.1. The van der Waals surface area contributed by atoms with E-state index in [0.29, 0.717) is 31.8 Å². The van der Waals surface area contributed by atoms with E-state index in [-0.39, 0.29) is 23.2 Å². The molecule has 1 aromatic carbocycles. The first-order valence-corrected chi connectivity index (χ1v) is 15.9. The van der Waals surface area contributed by atoms with Gasteiger partial charge in [-0.15, -0.1) is 0 Å². The Bertz CT molecular complexity index is 917. The Morgan fingerprint density at radius 1 is 1.21 bits per heavy atom. The second-order valence-corrected chi connectivity index (χ2v) is 12.3. The molecule has 228 valence electrons. The molecule has 0 saturated carbocycles. The first-order valence-electron chi connectivity index (χ1n) is 13.5. The van der Waals surface area contributed by atoms with E-state index in [9.17, 15) is 23.3 Å². The van der Waals surface area contributed by atoms with Gasteiger partial charge in [0, 0.05) is 37.8 Å². The lowest BCUT2D eigenvalue weighted by Crippen LogP contribution is -2.44. The Morgan fingerprint density at radius 3 is 2.08 bits per heavy atom. The van der Waals surface area contributed by atoms with E-state index < -0.39 is 26.6 Å². The topological polar surface area (TPSA) is 136 Å². The van der Waals surface area contributed by atoms with Crippen LogP contribution in [0.15, 0.2) is 29.2 Å². The summed E-state index contributed by atoms with van der Waals surface area (Å²) in [5.74, 6) is 0.294. The summed E-state index contributed by atoms with van der Waals surface area (Å²) in [7, 11) is -3.87. The van der Waals surface area contributed by atoms with E-state index in [2.05, 4.69) is 33.4 Å². The highest BCUT2D eigenvalue weighted by Gasteiger charge is 2.38. The maximum Gasteiger partial charge on any atom is 0.410 e. The number of amides is 1. The molecule has 1 aliphatic rings. The number of hydrogen-bond donors (Lipinski definition) is 2. The van der Waals surface area contributed by atoms with E-state index in [4.69, 9.17) is 10.5 Å². The van der Waals surface area contributed by atoms with Crippen LogP contribution in [0, 0.1) is 16.0 Å². The third-order valence-electron chi connectivity index (χ3n) is 5.09. The molecule has 0 radical (unpaired) electrons. The molecule has 0 aliphatic carbocycles. The average molecular weight is 593 g/mol. The summed E-state index contributed by atoms with van der Waals surface area (Å²) in [4.78, 5) is 24.2. The first-order chi connectivity index (χ1) is 18.1. The van der Waals surface area contributed by atoms with Gasteiger partial charge in [0.25, 0.3) is 5.69 Å². The predicted octanol–water partition coefficient (Wildman–Crippen LogP) is 5.96. The van der Waals surface area contributed by atoms with Gasteiger partial charge in [-0.25, -0.2) is 13.2 Å². The molecule has 1 aromatic rings. The summed E-state index contributed by atoms with van der Waals surface area (Å²) in [5, 5.41) is 10.9. The van der Waals surface area contributed by atoms with Crippen LogP contribution in [0.25, 0.3) is 0 Å². The average Bonchev–Trinajstić information content (AvgIpc) is 3.35. The maximum atomic E-state index is 13.3. The van der Waals surface area contributed by atoms with Crippen LogP contribution < -0.4 is 5.73 Å². The number of nitrogens with zero attached hydrogens (tertiary/aromatic N) is 3. The number of nitrogens with two attached hydrogens (primary N) is 1. The quantitative estimate of drug-likeness (QED) is 0.216. The standard InChI is InChI=1S/C20H31N3O6S.C3H9N.C3H8.CH4S/c1-15(2)10-13-22(17-11-12-21(14-17)19(24)29-20(3,4)5)30(27,28)18-8-6-16(7-9-18)23(25)26;1-2-3-4;1-3-2;1-2/h6-9,15,17H,10-14H2,1-5H3;2-4H2,1H3;3H2,1-2H3;2H,1H3. The third-order valence-corrected chi connectivity index (χ3v) is 7.06. The molecule has 1 atom stereocenters. The lowest BCUT2D eigenvalue weighted by Gasteiger charge is -2.29. The zero-order valence-corrected chi connectivity index (χ0v) is 27.1. The number of non-ortho nitro benzene ring substituents is 1. The number of thiol groups is 1. The van der Waals surface area contributed by atoms with Crippen molar-refractivity contribution in [2.45, 2.75) is 97.6 Å². The molecule has 12 heteroatoms. The van der Waals surface area contributed by atoms with Crippen molar-refractivity contribution in [3.05, 3.63) is 34.4 Å². The second-order valence-electron chi connectivity index (χ2n) is 10.4. The summed E-state index contributed by atoms with van der Waals surface area (Å²) in [6.45, 7) is 17.5. The number of benzene rings is 1. The zero-order chi connectivity index (χ0) is 30.8. The molecule has 1 saturated heterocycles. The highest BCUT2D eigenvalue weighted by Crippen LogP contribution is 2.27. The summed E-state index contributed by atoms with van der Waals surface area (Å²) in [6, 6.07) is 4.52. The summed E-state index contributed by atoms with van der Waals surface area (Å²) >= 11 is 3.53. The van der Waals surface area contributed by atoms with Crippen molar-refractivity contribution in [1.29, 1.82) is 0 Å². The molecule has 1 unspecified atom stereocenters. The number of likely N-dealkylation sites (tertiary alicyclic amines) is 1. The van der Waals surface area contributed by atoms with E-state index in [1.807, 2.05) is 13.8 Å². The Hall–Kier alpha value is -1.89. The van der Waals surface area contributed by atoms with Crippen LogP contribution in [-0.2, 0) is 14.8 Å². The minimum absolute atomic E-state index is 0.00701. The molecule has 1 fully saturated rings. The number of carbonyl (C=O) groups excluding carboxylic acids is 1. The largest absolute Gasteiger partial charge is 0.444 e. The Kier molecular flexibility index (Phi) is 20.2. The molecule has 10 nitrogen and oxygen atoms in total. The van der Waals surface area contributed by atoms with Crippen molar-refractivity contribution in [2.24, 2.45) is 11.7 Å². The minimum atomic E-state index is -3.87. The number of nitro benzene ring substituents is 1. The molecule has 1 amide bonds. The number of rotatable bonds is 8. The Balaban J connectivity index is 0. The van der Waals surface area contributed by atoms with Crippen LogP contribution in [-0.4, -0.2) is 72.7 Å². The van der Waals surface area contributed by atoms with E-state index >= 15 is 0 Å². The first kappa shape index (κ1) is 39.3. The molecule has 0 aromatic heterocycles. The van der Waals surface area contributed by atoms with E-state index in [1.165, 1.54) is 39.9 Å². The molecule has 1 heterocycles. The van der Waals surface area contributed by atoms with Crippen LogP contribution >= 0.6 is 12.6 Å². The van der Waals surface area contributed by atoms with Crippen molar-refractivity contribution in [3.8, 4) is 0 Å². The molecule has 2 rings (SSSR count). The minimum Gasteiger partial charge on any atom is -0.444 e. The zero-order valence-electron chi connectivity index (χ0n) is 25.3. The highest BCUT2D eigenvalue weighted by atomic mass is 32.2. The fourth-order valence-corrected chi connectivity index (χ4v) is 4.89. The number of carbonyl (C=O) groups is 1. The van der Waals surface area contributed by atoms with Crippen LogP contribution in [0.1, 0.15) is 81.1 Å². The molecule has 1 aliphatic heterocycles. The van der Waals surface area contributed by atoms with Gasteiger partial charge in [0.15, 0.2) is 0 Å². The second kappa shape index (κ2) is 20.1. The van der Waals surface area contributed by atoms with Gasteiger partial charge in [-0.05, 0) is 70.9 Å². The summed E-state index contributed by atoms with van der Waals surface area (Å²) in [5.41, 5.74) is 4.23.